The molecule has 2 aromatic carbocycles. The minimum Gasteiger partial charge on any atom is -0.373 e. The molecule has 4 nitrogen and oxygen atoms in total. The van der Waals surface area contributed by atoms with Crippen LogP contribution in [0.25, 0.3) is 0 Å². The van der Waals surface area contributed by atoms with Crippen LogP contribution in [0.15, 0.2) is 48.5 Å². The number of carbonyl (C=O) groups excluding carboxylic acids is 1. The molecule has 1 heterocycles. The van der Waals surface area contributed by atoms with Crippen molar-refractivity contribution in [3.8, 4) is 0 Å². The molecule has 1 aliphatic heterocycles. The van der Waals surface area contributed by atoms with Crippen molar-refractivity contribution >= 4 is 5.91 Å². The summed E-state index contributed by atoms with van der Waals surface area (Å²) < 4.78 is 19.4. The molecule has 26 heavy (non-hydrogen) atoms. The lowest BCUT2D eigenvalue weighted by molar-refractivity contribution is -0.0704. The average molecular weight is 356 g/mol. The Balaban J connectivity index is 1.53. The van der Waals surface area contributed by atoms with E-state index in [9.17, 15) is 9.18 Å². The molecule has 2 atom stereocenters. The van der Waals surface area contributed by atoms with Gasteiger partial charge in [0.2, 0.25) is 0 Å². The van der Waals surface area contributed by atoms with Crippen molar-refractivity contribution in [3.63, 3.8) is 0 Å². The summed E-state index contributed by atoms with van der Waals surface area (Å²) in [6.45, 7) is 7.34. The van der Waals surface area contributed by atoms with Gasteiger partial charge >= 0.3 is 0 Å². The molecule has 1 amide bonds. The van der Waals surface area contributed by atoms with Gasteiger partial charge in [-0.05, 0) is 37.1 Å². The summed E-state index contributed by atoms with van der Waals surface area (Å²) in [5, 5.41) is 2.76. The SMILES string of the molecule is CC1CN(Cc2ccc(CNC(=O)c3ccccc3F)cc2)CC(C)O1. The smallest absolute Gasteiger partial charge is 0.254 e. The molecule has 0 aliphatic carbocycles. The number of morpholine rings is 1. The minimum absolute atomic E-state index is 0.0691. The predicted molar refractivity (Wildman–Crippen MR) is 99.3 cm³/mol. The summed E-state index contributed by atoms with van der Waals surface area (Å²) in [5.74, 6) is -0.905. The van der Waals surface area contributed by atoms with Crippen molar-refractivity contribution in [3.05, 3.63) is 71.0 Å². The van der Waals surface area contributed by atoms with Gasteiger partial charge in [0.05, 0.1) is 17.8 Å². The van der Waals surface area contributed by atoms with Crippen LogP contribution in [0.3, 0.4) is 0 Å². The fraction of sp³-hybridized carbons (Fsp3) is 0.381. The lowest BCUT2D eigenvalue weighted by Gasteiger charge is -2.35. The van der Waals surface area contributed by atoms with Crippen molar-refractivity contribution in [2.24, 2.45) is 0 Å². The van der Waals surface area contributed by atoms with Crippen molar-refractivity contribution in [1.82, 2.24) is 10.2 Å². The van der Waals surface area contributed by atoms with Gasteiger partial charge in [-0.15, -0.1) is 0 Å². The normalized spacial score (nSPS) is 20.7. The second-order valence-electron chi connectivity index (χ2n) is 6.93. The van der Waals surface area contributed by atoms with E-state index in [0.29, 0.717) is 6.54 Å². The van der Waals surface area contributed by atoms with Crippen LogP contribution in [0.5, 0.6) is 0 Å². The molecular weight excluding hydrogens is 331 g/mol. The van der Waals surface area contributed by atoms with Crippen molar-refractivity contribution < 1.29 is 13.9 Å². The van der Waals surface area contributed by atoms with E-state index in [1.807, 2.05) is 12.1 Å². The Kier molecular flexibility index (Phi) is 6.01. The number of nitrogens with zero attached hydrogens (tertiary/aromatic N) is 1. The van der Waals surface area contributed by atoms with Crippen LogP contribution >= 0.6 is 0 Å². The molecule has 1 fully saturated rings. The maximum Gasteiger partial charge on any atom is 0.254 e. The first-order valence-electron chi connectivity index (χ1n) is 8.99. The van der Waals surface area contributed by atoms with Crippen molar-refractivity contribution in [2.45, 2.75) is 39.1 Å². The number of hydrogen-bond acceptors (Lipinski definition) is 3. The van der Waals surface area contributed by atoms with Crippen LogP contribution in [0.2, 0.25) is 0 Å². The van der Waals surface area contributed by atoms with E-state index < -0.39 is 11.7 Å². The minimum atomic E-state index is -0.505. The number of carbonyl (C=O) groups is 1. The molecule has 0 radical (unpaired) electrons. The molecule has 0 aromatic heterocycles. The van der Waals surface area contributed by atoms with E-state index in [-0.39, 0.29) is 17.8 Å². The van der Waals surface area contributed by atoms with Gasteiger partial charge in [0, 0.05) is 26.2 Å². The van der Waals surface area contributed by atoms with Gasteiger partial charge in [-0.25, -0.2) is 4.39 Å². The second kappa shape index (κ2) is 8.43. The first-order chi connectivity index (χ1) is 12.5. The zero-order chi connectivity index (χ0) is 18.5. The summed E-state index contributed by atoms with van der Waals surface area (Å²) in [5.41, 5.74) is 2.29. The second-order valence-corrected chi connectivity index (χ2v) is 6.93. The Bertz CT molecular complexity index is 738. The third-order valence-electron chi connectivity index (χ3n) is 4.50. The topological polar surface area (TPSA) is 41.6 Å². The third kappa shape index (κ3) is 4.90. The summed E-state index contributed by atoms with van der Waals surface area (Å²) >= 11 is 0. The highest BCUT2D eigenvalue weighted by molar-refractivity contribution is 5.94. The molecular formula is C21H25FN2O2. The Morgan fingerprint density at radius 1 is 1.08 bits per heavy atom. The molecule has 1 saturated heterocycles. The summed E-state index contributed by atoms with van der Waals surface area (Å²) in [6.07, 6.45) is 0.512. The van der Waals surface area contributed by atoms with Crippen LogP contribution in [0, 0.1) is 5.82 Å². The van der Waals surface area contributed by atoms with E-state index in [1.165, 1.54) is 17.7 Å². The van der Waals surface area contributed by atoms with E-state index in [1.54, 1.807) is 12.1 Å². The zero-order valence-corrected chi connectivity index (χ0v) is 15.2. The Morgan fingerprint density at radius 3 is 2.35 bits per heavy atom. The van der Waals surface area contributed by atoms with Gasteiger partial charge in [-0.1, -0.05) is 36.4 Å². The van der Waals surface area contributed by atoms with E-state index in [0.717, 1.165) is 25.2 Å². The number of rotatable bonds is 5. The molecule has 0 spiro atoms. The first-order valence-corrected chi connectivity index (χ1v) is 8.99. The fourth-order valence-electron chi connectivity index (χ4n) is 3.36. The van der Waals surface area contributed by atoms with Crippen molar-refractivity contribution in [1.29, 1.82) is 0 Å². The number of halogens is 1. The van der Waals surface area contributed by atoms with Crippen LogP contribution in [0.4, 0.5) is 4.39 Å². The van der Waals surface area contributed by atoms with Gasteiger partial charge in [-0.2, -0.15) is 0 Å². The predicted octanol–water partition coefficient (Wildman–Crippen LogP) is 3.36. The summed E-state index contributed by atoms with van der Waals surface area (Å²) in [6, 6.07) is 14.2. The van der Waals surface area contributed by atoms with E-state index in [4.69, 9.17) is 4.74 Å². The highest BCUT2D eigenvalue weighted by Crippen LogP contribution is 2.15. The summed E-state index contributed by atoms with van der Waals surface area (Å²) in [4.78, 5) is 14.5. The molecule has 5 heteroatoms. The van der Waals surface area contributed by atoms with Crippen molar-refractivity contribution in [2.75, 3.05) is 13.1 Å². The number of hydrogen-bond donors (Lipinski definition) is 1. The largest absolute Gasteiger partial charge is 0.373 e. The lowest BCUT2D eigenvalue weighted by atomic mass is 10.1. The van der Waals surface area contributed by atoms with Crippen LogP contribution in [-0.2, 0) is 17.8 Å². The molecule has 0 bridgehead atoms. The molecule has 2 unspecified atom stereocenters. The fourth-order valence-corrected chi connectivity index (χ4v) is 3.36. The number of amides is 1. The van der Waals surface area contributed by atoms with Crippen LogP contribution in [0.1, 0.15) is 35.3 Å². The Morgan fingerprint density at radius 2 is 1.69 bits per heavy atom. The van der Waals surface area contributed by atoms with Gasteiger partial charge in [0.25, 0.3) is 5.91 Å². The maximum atomic E-state index is 13.6. The van der Waals surface area contributed by atoms with Crippen LogP contribution < -0.4 is 5.32 Å². The number of benzene rings is 2. The molecule has 138 valence electrons. The molecule has 0 saturated carbocycles. The van der Waals surface area contributed by atoms with Gasteiger partial charge < -0.3 is 10.1 Å². The Hall–Kier alpha value is -2.24. The Labute approximate surface area is 154 Å². The van der Waals surface area contributed by atoms with E-state index >= 15 is 0 Å². The van der Waals surface area contributed by atoms with Gasteiger partial charge in [0.1, 0.15) is 5.82 Å². The third-order valence-corrected chi connectivity index (χ3v) is 4.50. The molecule has 2 aromatic rings. The monoisotopic (exact) mass is 356 g/mol. The average Bonchev–Trinajstić information content (AvgIpc) is 2.60. The highest BCUT2D eigenvalue weighted by Gasteiger charge is 2.21. The van der Waals surface area contributed by atoms with Crippen LogP contribution in [-0.4, -0.2) is 36.1 Å². The standard InChI is InChI=1S/C21H25FN2O2/c1-15-12-24(13-16(2)26-15)14-18-9-7-17(8-10-18)11-23-21(25)19-5-3-4-6-20(19)22/h3-10,15-16H,11-14H2,1-2H3,(H,23,25). The zero-order valence-electron chi connectivity index (χ0n) is 15.2. The number of nitrogens with one attached hydrogen (secondary N) is 1. The molecule has 3 rings (SSSR count). The lowest BCUT2D eigenvalue weighted by Crippen LogP contribution is -2.44. The maximum absolute atomic E-state index is 13.6. The molecule has 1 aliphatic rings. The quantitative estimate of drug-likeness (QED) is 0.893. The van der Waals surface area contributed by atoms with Gasteiger partial charge in [0.15, 0.2) is 0 Å². The highest BCUT2D eigenvalue weighted by atomic mass is 19.1. The summed E-state index contributed by atoms with van der Waals surface area (Å²) in [7, 11) is 0. The molecule has 1 N–H and O–H groups in total. The van der Waals surface area contributed by atoms with Gasteiger partial charge in [-0.3, -0.25) is 9.69 Å². The first kappa shape index (κ1) is 18.5. The van der Waals surface area contributed by atoms with E-state index in [2.05, 4.69) is 36.2 Å². The number of ether oxygens (including phenoxy) is 1.